The number of hydrogen-bond acceptors (Lipinski definition) is 4. The zero-order chi connectivity index (χ0) is 13.0. The molecule has 0 spiro atoms. The maximum Gasteiger partial charge on any atom is 0.331 e. The summed E-state index contributed by atoms with van der Waals surface area (Å²) in [6, 6.07) is 7.62. The van der Waals surface area contributed by atoms with Crippen LogP contribution in [0.5, 0.6) is 5.75 Å². The average Bonchev–Trinajstić information content (AvgIpc) is 2.88. The van der Waals surface area contributed by atoms with Crippen molar-refractivity contribution in [3.8, 4) is 5.75 Å². The lowest BCUT2D eigenvalue weighted by Crippen LogP contribution is -2.44. The molecule has 1 fully saturated rings. The number of para-hydroxylation sites is 2. The number of esters is 1. The standard InChI is InChI=1S/C14H19NO3/c1-17-12-8-4-3-7-11(12)15-14(13(16)18-2)9-5-6-10-14/h3-4,7-8,15H,5-6,9-10H2,1-2H3. The number of carbonyl (C=O) groups is 1. The number of benzene rings is 1. The molecule has 1 aromatic carbocycles. The van der Waals surface area contributed by atoms with E-state index in [1.165, 1.54) is 7.11 Å². The molecule has 1 saturated carbocycles. The van der Waals surface area contributed by atoms with Crippen LogP contribution in [-0.4, -0.2) is 25.7 Å². The quantitative estimate of drug-likeness (QED) is 0.833. The van der Waals surface area contributed by atoms with Crippen molar-refractivity contribution < 1.29 is 14.3 Å². The summed E-state index contributed by atoms with van der Waals surface area (Å²) in [5, 5.41) is 3.33. The lowest BCUT2D eigenvalue weighted by Gasteiger charge is -2.29. The minimum atomic E-state index is -0.594. The fourth-order valence-corrected chi connectivity index (χ4v) is 2.56. The first kappa shape index (κ1) is 12.7. The van der Waals surface area contributed by atoms with Gasteiger partial charge in [-0.15, -0.1) is 0 Å². The topological polar surface area (TPSA) is 47.6 Å². The largest absolute Gasteiger partial charge is 0.495 e. The van der Waals surface area contributed by atoms with Gasteiger partial charge < -0.3 is 14.8 Å². The van der Waals surface area contributed by atoms with E-state index in [0.717, 1.165) is 37.1 Å². The van der Waals surface area contributed by atoms with E-state index in [0.29, 0.717) is 0 Å². The van der Waals surface area contributed by atoms with Gasteiger partial charge in [0.05, 0.1) is 19.9 Å². The summed E-state index contributed by atoms with van der Waals surface area (Å²) >= 11 is 0. The van der Waals surface area contributed by atoms with Gasteiger partial charge >= 0.3 is 5.97 Å². The maximum absolute atomic E-state index is 12.0. The number of carbonyl (C=O) groups excluding carboxylic acids is 1. The zero-order valence-corrected chi connectivity index (χ0v) is 10.9. The summed E-state index contributed by atoms with van der Waals surface area (Å²) in [4.78, 5) is 12.0. The molecule has 0 aliphatic heterocycles. The molecule has 0 unspecified atom stereocenters. The van der Waals surface area contributed by atoms with Crippen molar-refractivity contribution in [2.75, 3.05) is 19.5 Å². The molecule has 0 bridgehead atoms. The van der Waals surface area contributed by atoms with Gasteiger partial charge in [-0.05, 0) is 25.0 Å². The number of anilines is 1. The second kappa shape index (κ2) is 5.29. The van der Waals surface area contributed by atoms with Crippen LogP contribution in [0.4, 0.5) is 5.69 Å². The molecule has 1 aromatic rings. The van der Waals surface area contributed by atoms with Crippen LogP contribution in [0, 0.1) is 0 Å². The molecule has 98 valence electrons. The van der Waals surface area contributed by atoms with Gasteiger partial charge in [-0.3, -0.25) is 0 Å². The van der Waals surface area contributed by atoms with Crippen LogP contribution in [-0.2, 0) is 9.53 Å². The van der Waals surface area contributed by atoms with Crippen LogP contribution in [0.1, 0.15) is 25.7 Å². The third-order valence-corrected chi connectivity index (χ3v) is 3.51. The Morgan fingerprint density at radius 3 is 2.50 bits per heavy atom. The molecule has 0 amide bonds. The summed E-state index contributed by atoms with van der Waals surface area (Å²) in [7, 11) is 3.06. The molecule has 1 N–H and O–H groups in total. The van der Waals surface area contributed by atoms with Crippen LogP contribution in [0.2, 0.25) is 0 Å². The predicted molar refractivity (Wildman–Crippen MR) is 69.8 cm³/mol. The summed E-state index contributed by atoms with van der Waals surface area (Å²) < 4.78 is 10.2. The first-order valence-corrected chi connectivity index (χ1v) is 6.21. The van der Waals surface area contributed by atoms with E-state index in [1.54, 1.807) is 7.11 Å². The molecule has 4 heteroatoms. The molecular weight excluding hydrogens is 230 g/mol. The van der Waals surface area contributed by atoms with Crippen LogP contribution in [0.15, 0.2) is 24.3 Å². The second-order valence-electron chi connectivity index (χ2n) is 4.61. The minimum Gasteiger partial charge on any atom is -0.495 e. The fraction of sp³-hybridized carbons (Fsp3) is 0.500. The summed E-state index contributed by atoms with van der Waals surface area (Å²) in [6.45, 7) is 0. The van der Waals surface area contributed by atoms with Crippen molar-refractivity contribution >= 4 is 11.7 Å². The SMILES string of the molecule is COC(=O)C1(Nc2ccccc2OC)CCCC1. The Kier molecular flexibility index (Phi) is 3.75. The van der Waals surface area contributed by atoms with Gasteiger partial charge in [-0.2, -0.15) is 0 Å². The van der Waals surface area contributed by atoms with Crippen molar-refractivity contribution in [3.05, 3.63) is 24.3 Å². The molecule has 4 nitrogen and oxygen atoms in total. The molecular formula is C14H19NO3. The van der Waals surface area contributed by atoms with Gasteiger partial charge in [-0.25, -0.2) is 4.79 Å². The molecule has 2 rings (SSSR count). The smallest absolute Gasteiger partial charge is 0.331 e. The van der Waals surface area contributed by atoms with E-state index in [4.69, 9.17) is 9.47 Å². The van der Waals surface area contributed by atoms with Gasteiger partial charge in [0.15, 0.2) is 0 Å². The number of hydrogen-bond donors (Lipinski definition) is 1. The monoisotopic (exact) mass is 249 g/mol. The minimum absolute atomic E-state index is 0.189. The van der Waals surface area contributed by atoms with Crippen molar-refractivity contribution in [3.63, 3.8) is 0 Å². The van der Waals surface area contributed by atoms with Crippen LogP contribution < -0.4 is 10.1 Å². The van der Waals surface area contributed by atoms with Crippen molar-refractivity contribution in [1.82, 2.24) is 0 Å². The molecule has 1 aliphatic carbocycles. The van der Waals surface area contributed by atoms with E-state index < -0.39 is 5.54 Å². The highest BCUT2D eigenvalue weighted by Gasteiger charge is 2.42. The Labute approximate surface area is 107 Å². The Balaban J connectivity index is 2.26. The van der Waals surface area contributed by atoms with Gasteiger partial charge in [-0.1, -0.05) is 25.0 Å². The molecule has 18 heavy (non-hydrogen) atoms. The molecule has 0 saturated heterocycles. The van der Waals surface area contributed by atoms with Crippen LogP contribution >= 0.6 is 0 Å². The molecule has 0 atom stereocenters. The fourth-order valence-electron chi connectivity index (χ4n) is 2.56. The highest BCUT2D eigenvalue weighted by molar-refractivity contribution is 5.85. The molecule has 0 aromatic heterocycles. The maximum atomic E-state index is 12.0. The molecule has 0 radical (unpaired) electrons. The van der Waals surface area contributed by atoms with E-state index in [1.807, 2.05) is 24.3 Å². The number of rotatable bonds is 4. The van der Waals surface area contributed by atoms with Gasteiger partial charge in [0.2, 0.25) is 0 Å². The van der Waals surface area contributed by atoms with E-state index >= 15 is 0 Å². The zero-order valence-electron chi connectivity index (χ0n) is 10.9. The Morgan fingerprint density at radius 2 is 1.89 bits per heavy atom. The first-order chi connectivity index (χ1) is 8.72. The lowest BCUT2D eigenvalue weighted by atomic mass is 9.97. The highest BCUT2D eigenvalue weighted by Crippen LogP contribution is 2.36. The third-order valence-electron chi connectivity index (χ3n) is 3.51. The van der Waals surface area contributed by atoms with Crippen molar-refractivity contribution in [2.24, 2.45) is 0 Å². The summed E-state index contributed by atoms with van der Waals surface area (Å²) in [6.07, 6.45) is 3.68. The van der Waals surface area contributed by atoms with Gasteiger partial charge in [0.1, 0.15) is 11.3 Å². The van der Waals surface area contributed by atoms with E-state index in [-0.39, 0.29) is 5.97 Å². The van der Waals surface area contributed by atoms with Crippen molar-refractivity contribution in [2.45, 2.75) is 31.2 Å². The Bertz CT molecular complexity index is 425. The first-order valence-electron chi connectivity index (χ1n) is 6.21. The number of nitrogens with one attached hydrogen (secondary N) is 1. The lowest BCUT2D eigenvalue weighted by molar-refractivity contribution is -0.145. The van der Waals surface area contributed by atoms with Crippen LogP contribution in [0.25, 0.3) is 0 Å². The Morgan fingerprint density at radius 1 is 1.22 bits per heavy atom. The van der Waals surface area contributed by atoms with Gasteiger partial charge in [0, 0.05) is 0 Å². The second-order valence-corrected chi connectivity index (χ2v) is 4.61. The molecule has 0 heterocycles. The molecule has 1 aliphatic rings. The highest BCUT2D eigenvalue weighted by atomic mass is 16.5. The third kappa shape index (κ3) is 2.28. The van der Waals surface area contributed by atoms with Crippen molar-refractivity contribution in [1.29, 1.82) is 0 Å². The van der Waals surface area contributed by atoms with E-state index in [2.05, 4.69) is 5.32 Å². The number of methoxy groups -OCH3 is 2. The van der Waals surface area contributed by atoms with E-state index in [9.17, 15) is 4.79 Å². The van der Waals surface area contributed by atoms with Crippen LogP contribution in [0.3, 0.4) is 0 Å². The Hall–Kier alpha value is -1.71. The van der Waals surface area contributed by atoms with Gasteiger partial charge in [0.25, 0.3) is 0 Å². The predicted octanol–water partition coefficient (Wildman–Crippen LogP) is 2.59. The number of ether oxygens (including phenoxy) is 2. The normalized spacial score (nSPS) is 17.2. The summed E-state index contributed by atoms with van der Waals surface area (Å²) in [5.74, 6) is 0.554. The average molecular weight is 249 g/mol. The summed E-state index contributed by atoms with van der Waals surface area (Å²) in [5.41, 5.74) is 0.246.